The third kappa shape index (κ3) is 5.25. The van der Waals surface area contributed by atoms with Gasteiger partial charge in [0.25, 0.3) is 5.56 Å². The van der Waals surface area contributed by atoms with E-state index in [2.05, 4.69) is 0 Å². The van der Waals surface area contributed by atoms with Crippen LogP contribution in [0, 0.1) is 0 Å². The first-order chi connectivity index (χ1) is 20.4. The average Bonchev–Trinajstić information content (AvgIpc) is 3.58. The van der Waals surface area contributed by atoms with Crippen LogP contribution in [0.1, 0.15) is 29.9 Å². The van der Waals surface area contributed by atoms with Crippen molar-refractivity contribution in [3.8, 4) is 11.3 Å². The summed E-state index contributed by atoms with van der Waals surface area (Å²) in [6.45, 7) is 1.90. The number of fused-ring (bicyclic) bond motifs is 1. The molecule has 0 radical (unpaired) electrons. The molecule has 6 nitrogen and oxygen atoms in total. The molecular formula is C32H21Cl3N2O4S. The van der Waals surface area contributed by atoms with Crippen LogP contribution in [-0.4, -0.2) is 17.1 Å². The Morgan fingerprint density at radius 1 is 1.00 bits per heavy atom. The molecule has 0 bridgehead atoms. The summed E-state index contributed by atoms with van der Waals surface area (Å²) < 4.78 is 13.4. The zero-order chi connectivity index (χ0) is 29.4. The van der Waals surface area contributed by atoms with Crippen LogP contribution in [0.15, 0.2) is 105 Å². The maximum Gasteiger partial charge on any atom is 0.338 e. The molecule has 0 saturated carbocycles. The van der Waals surface area contributed by atoms with Gasteiger partial charge < -0.3 is 9.15 Å². The van der Waals surface area contributed by atoms with Crippen molar-refractivity contribution in [1.29, 1.82) is 0 Å². The lowest BCUT2D eigenvalue weighted by Crippen LogP contribution is -2.39. The van der Waals surface area contributed by atoms with Crippen molar-refractivity contribution in [2.75, 3.05) is 6.61 Å². The number of carbonyl (C=O) groups is 1. The Kier molecular flexibility index (Phi) is 7.92. The van der Waals surface area contributed by atoms with E-state index in [1.54, 1.807) is 67.6 Å². The van der Waals surface area contributed by atoms with E-state index in [0.29, 0.717) is 52.7 Å². The summed E-state index contributed by atoms with van der Waals surface area (Å²) in [6, 6.07) is 24.4. The van der Waals surface area contributed by atoms with Crippen molar-refractivity contribution in [2.24, 2.45) is 4.99 Å². The fourth-order valence-corrected chi connectivity index (χ4v) is 6.30. The van der Waals surface area contributed by atoms with E-state index in [1.165, 1.54) is 15.9 Å². The molecule has 1 aliphatic heterocycles. The maximum atomic E-state index is 14.0. The summed E-state index contributed by atoms with van der Waals surface area (Å²) in [7, 11) is 0. The van der Waals surface area contributed by atoms with Crippen LogP contribution in [-0.2, 0) is 9.53 Å². The number of nitrogens with zero attached hydrogens (tertiary/aromatic N) is 2. The minimum atomic E-state index is -0.799. The van der Waals surface area contributed by atoms with Gasteiger partial charge in [0.15, 0.2) is 4.80 Å². The van der Waals surface area contributed by atoms with Gasteiger partial charge in [0.1, 0.15) is 11.5 Å². The predicted molar refractivity (Wildman–Crippen MR) is 167 cm³/mol. The Morgan fingerprint density at radius 2 is 1.76 bits per heavy atom. The third-order valence-electron chi connectivity index (χ3n) is 6.68. The van der Waals surface area contributed by atoms with Gasteiger partial charge in [-0.25, -0.2) is 9.79 Å². The first kappa shape index (κ1) is 28.2. The summed E-state index contributed by atoms with van der Waals surface area (Å²) >= 11 is 20.0. The summed E-state index contributed by atoms with van der Waals surface area (Å²) in [5.74, 6) is 0.405. The largest absolute Gasteiger partial charge is 0.463 e. The highest BCUT2D eigenvalue weighted by Gasteiger charge is 2.35. The van der Waals surface area contributed by atoms with Gasteiger partial charge in [-0.1, -0.05) is 94.7 Å². The van der Waals surface area contributed by atoms with Crippen LogP contribution in [0.3, 0.4) is 0 Å². The van der Waals surface area contributed by atoms with E-state index in [9.17, 15) is 9.59 Å². The monoisotopic (exact) mass is 634 g/mol. The molecule has 42 heavy (non-hydrogen) atoms. The second-order valence-corrected chi connectivity index (χ2v) is 11.5. The third-order valence-corrected chi connectivity index (χ3v) is 8.73. The topological polar surface area (TPSA) is 73.8 Å². The Balaban J connectivity index is 1.56. The smallest absolute Gasteiger partial charge is 0.338 e. The number of benzene rings is 3. The number of aromatic nitrogens is 1. The van der Waals surface area contributed by atoms with Crippen LogP contribution >= 0.6 is 46.1 Å². The highest BCUT2D eigenvalue weighted by atomic mass is 35.5. The van der Waals surface area contributed by atoms with Gasteiger partial charge in [0.2, 0.25) is 0 Å². The number of rotatable bonds is 6. The Morgan fingerprint density at radius 3 is 2.50 bits per heavy atom. The van der Waals surface area contributed by atoms with E-state index in [0.717, 1.165) is 5.56 Å². The first-order valence-electron chi connectivity index (χ1n) is 12.9. The molecule has 0 spiro atoms. The van der Waals surface area contributed by atoms with Gasteiger partial charge in [-0.3, -0.25) is 9.36 Å². The lowest BCUT2D eigenvalue weighted by atomic mass is 9.93. The molecule has 0 amide bonds. The molecule has 210 valence electrons. The van der Waals surface area contributed by atoms with E-state index >= 15 is 0 Å². The van der Waals surface area contributed by atoms with Crippen LogP contribution in [0.25, 0.3) is 23.1 Å². The second kappa shape index (κ2) is 11.8. The van der Waals surface area contributed by atoms with Gasteiger partial charge >= 0.3 is 5.97 Å². The molecule has 1 atom stereocenters. The molecule has 5 aromatic rings. The number of hydrogen-bond donors (Lipinski definition) is 0. The molecule has 0 aliphatic carbocycles. The van der Waals surface area contributed by atoms with Gasteiger partial charge in [-0.2, -0.15) is 0 Å². The fraction of sp³-hybridized carbons (Fsp3) is 0.0938. The fourth-order valence-electron chi connectivity index (χ4n) is 4.80. The quantitative estimate of drug-likeness (QED) is 0.186. The Bertz CT molecular complexity index is 2030. The standard InChI is InChI=1S/C32H21Cl3N2O4S/c1-2-40-31(39)26-28(18-7-4-3-5-8-18)36-32-37(29(26)19-11-13-20(33)14-12-19)30(38)25(42-32)17-21-15-16-24(41-21)22-9-6-10-23(34)27(22)35/h3-17,29H,2H2,1H3/b25-17-. The van der Waals surface area contributed by atoms with Crippen molar-refractivity contribution in [2.45, 2.75) is 13.0 Å². The maximum absolute atomic E-state index is 14.0. The summed E-state index contributed by atoms with van der Waals surface area (Å²) in [4.78, 5) is 32.8. The molecule has 0 saturated heterocycles. The summed E-state index contributed by atoms with van der Waals surface area (Å²) in [5.41, 5.74) is 2.43. The highest BCUT2D eigenvalue weighted by Crippen LogP contribution is 2.36. The number of carbonyl (C=O) groups excluding carboxylic acids is 1. The molecule has 10 heteroatoms. The first-order valence-corrected chi connectivity index (χ1v) is 14.9. The molecule has 1 unspecified atom stereocenters. The van der Waals surface area contributed by atoms with Crippen LogP contribution < -0.4 is 14.9 Å². The zero-order valence-electron chi connectivity index (χ0n) is 22.0. The van der Waals surface area contributed by atoms with E-state index in [4.69, 9.17) is 48.9 Å². The number of hydrogen-bond acceptors (Lipinski definition) is 6. The van der Waals surface area contributed by atoms with Crippen LogP contribution in [0.2, 0.25) is 15.1 Å². The number of furan rings is 1. The number of thiazole rings is 1. The minimum absolute atomic E-state index is 0.166. The van der Waals surface area contributed by atoms with Gasteiger partial charge in [-0.05, 0) is 48.9 Å². The Labute approximate surface area is 259 Å². The number of ether oxygens (including phenoxy) is 1. The Hall–Kier alpha value is -3.88. The molecule has 2 aromatic heterocycles. The van der Waals surface area contributed by atoms with Gasteiger partial charge in [0, 0.05) is 22.2 Å². The van der Waals surface area contributed by atoms with Crippen molar-refractivity contribution in [1.82, 2.24) is 4.57 Å². The minimum Gasteiger partial charge on any atom is -0.463 e. The normalized spacial score (nSPS) is 15.0. The van der Waals surface area contributed by atoms with Crippen LogP contribution in [0.5, 0.6) is 0 Å². The molecule has 6 rings (SSSR count). The van der Waals surface area contributed by atoms with Gasteiger partial charge in [0.05, 0.1) is 38.5 Å². The molecule has 1 aliphatic rings. The predicted octanol–water partition coefficient (Wildman–Crippen LogP) is 7.16. The molecule has 3 heterocycles. The lowest BCUT2D eigenvalue weighted by Gasteiger charge is -2.25. The average molecular weight is 636 g/mol. The van der Waals surface area contributed by atoms with E-state index in [1.807, 2.05) is 30.3 Å². The van der Waals surface area contributed by atoms with Crippen LogP contribution in [0.4, 0.5) is 0 Å². The molecular weight excluding hydrogens is 615 g/mol. The van der Waals surface area contributed by atoms with Crippen molar-refractivity contribution in [3.05, 3.63) is 142 Å². The van der Waals surface area contributed by atoms with Crippen molar-refractivity contribution in [3.63, 3.8) is 0 Å². The summed E-state index contributed by atoms with van der Waals surface area (Å²) in [6.07, 6.45) is 1.65. The van der Waals surface area contributed by atoms with E-state index < -0.39 is 12.0 Å². The highest BCUT2D eigenvalue weighted by molar-refractivity contribution is 7.07. The van der Waals surface area contributed by atoms with E-state index in [-0.39, 0.29) is 17.7 Å². The number of halogens is 3. The SMILES string of the molecule is CCOC(=O)C1=C(c2ccccc2)N=c2s/c(=C\c3ccc(-c4cccc(Cl)c4Cl)o3)c(=O)n2C1c1ccc(Cl)cc1. The zero-order valence-corrected chi connectivity index (χ0v) is 25.1. The molecule has 0 fully saturated rings. The van der Waals surface area contributed by atoms with Gasteiger partial charge in [-0.15, -0.1) is 0 Å². The number of esters is 1. The molecule has 0 N–H and O–H groups in total. The van der Waals surface area contributed by atoms with Crippen molar-refractivity contribution < 1.29 is 13.9 Å². The molecule has 3 aromatic carbocycles. The lowest BCUT2D eigenvalue weighted by molar-refractivity contribution is -0.138. The second-order valence-electron chi connectivity index (χ2n) is 9.29. The summed E-state index contributed by atoms with van der Waals surface area (Å²) in [5, 5.41) is 1.32. The van der Waals surface area contributed by atoms with Crippen molar-refractivity contribution >= 4 is 63.9 Å².